The van der Waals surface area contributed by atoms with Gasteiger partial charge in [-0.05, 0) is 30.3 Å². The van der Waals surface area contributed by atoms with E-state index < -0.39 is 12.5 Å². The molecule has 128 valence electrons. The summed E-state index contributed by atoms with van der Waals surface area (Å²) < 4.78 is 33.8. The fraction of sp³-hybridized carbons (Fsp3) is 0.118. The van der Waals surface area contributed by atoms with Crippen LogP contribution in [0.1, 0.15) is 0 Å². The van der Waals surface area contributed by atoms with Crippen molar-refractivity contribution in [2.24, 2.45) is 0 Å². The minimum Gasteiger partial charge on any atom is -0.466 e. The molecular formula is C17H13F2N3O3. The van der Waals surface area contributed by atoms with Crippen molar-refractivity contribution >= 4 is 22.4 Å². The maximum absolute atomic E-state index is 12.1. The van der Waals surface area contributed by atoms with Crippen molar-refractivity contribution in [1.82, 2.24) is 10.2 Å². The van der Waals surface area contributed by atoms with E-state index in [1.54, 1.807) is 6.20 Å². The lowest BCUT2D eigenvalue weighted by atomic mass is 10.2. The topological polar surface area (TPSA) is 73.3 Å². The Bertz CT molecular complexity index is 867. The van der Waals surface area contributed by atoms with Crippen molar-refractivity contribution in [3.8, 4) is 11.6 Å². The molecule has 0 saturated heterocycles. The molecule has 3 rings (SSSR count). The molecule has 3 aromatic rings. The van der Waals surface area contributed by atoms with Crippen molar-refractivity contribution in [2.45, 2.75) is 6.61 Å². The molecule has 1 aromatic heterocycles. The van der Waals surface area contributed by atoms with E-state index >= 15 is 0 Å². The zero-order valence-corrected chi connectivity index (χ0v) is 12.9. The van der Waals surface area contributed by atoms with Crippen molar-refractivity contribution in [3.63, 3.8) is 0 Å². The molecule has 2 aromatic carbocycles. The Morgan fingerprint density at radius 1 is 1.12 bits per heavy atom. The predicted octanol–water partition coefficient (Wildman–Crippen LogP) is 3.25. The molecule has 0 aliphatic carbocycles. The zero-order valence-electron chi connectivity index (χ0n) is 12.9. The summed E-state index contributed by atoms with van der Waals surface area (Å²) in [5.41, 5.74) is 0.430. The van der Waals surface area contributed by atoms with E-state index in [2.05, 4.69) is 20.3 Å². The van der Waals surface area contributed by atoms with Gasteiger partial charge in [0.1, 0.15) is 5.75 Å². The van der Waals surface area contributed by atoms with Gasteiger partial charge in [-0.25, -0.2) is 0 Å². The van der Waals surface area contributed by atoms with Gasteiger partial charge < -0.3 is 14.8 Å². The number of anilines is 1. The Labute approximate surface area is 141 Å². The molecule has 6 nitrogen and oxygen atoms in total. The van der Waals surface area contributed by atoms with E-state index in [4.69, 9.17) is 4.74 Å². The molecule has 0 spiro atoms. The van der Waals surface area contributed by atoms with Gasteiger partial charge in [-0.15, -0.1) is 5.10 Å². The lowest BCUT2D eigenvalue weighted by molar-refractivity contribution is -0.118. The highest BCUT2D eigenvalue weighted by Crippen LogP contribution is 2.21. The molecule has 0 aliphatic rings. The van der Waals surface area contributed by atoms with Crippen molar-refractivity contribution in [2.75, 3.05) is 11.9 Å². The molecular weight excluding hydrogens is 332 g/mol. The predicted molar refractivity (Wildman–Crippen MR) is 86.7 cm³/mol. The molecule has 25 heavy (non-hydrogen) atoms. The summed E-state index contributed by atoms with van der Waals surface area (Å²) in [6.07, 6.45) is 1.60. The number of aromatic nitrogens is 2. The van der Waals surface area contributed by atoms with Crippen LogP contribution >= 0.6 is 0 Å². The first-order chi connectivity index (χ1) is 12.1. The second kappa shape index (κ2) is 7.52. The molecule has 0 radical (unpaired) electrons. The van der Waals surface area contributed by atoms with Gasteiger partial charge in [0.05, 0.1) is 6.20 Å². The van der Waals surface area contributed by atoms with Crippen LogP contribution < -0.4 is 14.8 Å². The van der Waals surface area contributed by atoms with Crippen LogP contribution in [0.25, 0.3) is 10.8 Å². The smallest absolute Gasteiger partial charge is 0.387 e. The molecule has 0 fully saturated rings. The summed E-state index contributed by atoms with van der Waals surface area (Å²) >= 11 is 0. The molecule has 1 N–H and O–H groups in total. The number of carbonyl (C=O) groups excluding carboxylic acids is 1. The molecule has 0 aliphatic heterocycles. The highest BCUT2D eigenvalue weighted by atomic mass is 19.3. The van der Waals surface area contributed by atoms with E-state index in [-0.39, 0.29) is 18.2 Å². The fourth-order valence-electron chi connectivity index (χ4n) is 2.16. The van der Waals surface area contributed by atoms with Crippen LogP contribution in [0.5, 0.6) is 11.6 Å². The van der Waals surface area contributed by atoms with E-state index in [0.717, 1.165) is 10.8 Å². The average molecular weight is 345 g/mol. The number of amides is 1. The maximum atomic E-state index is 12.1. The standard InChI is InChI=1S/C17H13F2N3O3/c18-17(19)25-13-7-5-12(6-8-13)21-15(23)10-24-16-14-4-2-1-3-11(14)9-20-22-16/h1-9,17H,10H2,(H,21,23). The highest BCUT2D eigenvalue weighted by molar-refractivity contribution is 5.92. The Kier molecular flexibility index (Phi) is 4.98. The second-order valence-corrected chi connectivity index (χ2v) is 4.98. The number of hydrogen-bond donors (Lipinski definition) is 1. The Hall–Kier alpha value is -3.29. The van der Waals surface area contributed by atoms with Crippen LogP contribution in [0.2, 0.25) is 0 Å². The van der Waals surface area contributed by atoms with Gasteiger partial charge >= 0.3 is 6.61 Å². The van der Waals surface area contributed by atoms with Crippen LogP contribution in [0.4, 0.5) is 14.5 Å². The number of halogens is 2. The minimum atomic E-state index is -2.89. The third-order valence-electron chi connectivity index (χ3n) is 3.24. The number of benzene rings is 2. The van der Waals surface area contributed by atoms with Gasteiger partial charge in [-0.2, -0.15) is 13.9 Å². The first-order valence-corrected chi connectivity index (χ1v) is 7.30. The molecule has 0 saturated carbocycles. The van der Waals surface area contributed by atoms with Gasteiger partial charge in [0.2, 0.25) is 5.88 Å². The molecule has 0 atom stereocenters. The lowest BCUT2D eigenvalue weighted by Gasteiger charge is -2.09. The zero-order chi connectivity index (χ0) is 17.6. The number of hydrogen-bond acceptors (Lipinski definition) is 5. The van der Waals surface area contributed by atoms with E-state index in [9.17, 15) is 13.6 Å². The Morgan fingerprint density at radius 3 is 2.64 bits per heavy atom. The van der Waals surface area contributed by atoms with E-state index in [1.807, 2.05) is 24.3 Å². The first-order valence-electron chi connectivity index (χ1n) is 7.30. The number of rotatable bonds is 6. The van der Waals surface area contributed by atoms with Crippen molar-refractivity contribution in [3.05, 3.63) is 54.7 Å². The van der Waals surface area contributed by atoms with E-state index in [0.29, 0.717) is 5.69 Å². The summed E-state index contributed by atoms with van der Waals surface area (Å²) in [5.74, 6) is -0.151. The molecule has 0 bridgehead atoms. The van der Waals surface area contributed by atoms with Gasteiger partial charge in [0.15, 0.2) is 6.61 Å². The Morgan fingerprint density at radius 2 is 1.88 bits per heavy atom. The molecule has 1 amide bonds. The fourth-order valence-corrected chi connectivity index (χ4v) is 2.16. The van der Waals surface area contributed by atoms with Crippen molar-refractivity contribution in [1.29, 1.82) is 0 Å². The van der Waals surface area contributed by atoms with Crippen LogP contribution in [-0.2, 0) is 4.79 Å². The van der Waals surface area contributed by atoms with Crippen LogP contribution in [-0.4, -0.2) is 29.3 Å². The number of fused-ring (bicyclic) bond motifs is 1. The van der Waals surface area contributed by atoms with Crippen LogP contribution in [0, 0.1) is 0 Å². The second-order valence-electron chi connectivity index (χ2n) is 4.98. The summed E-state index contributed by atoms with van der Waals surface area (Å²) in [6, 6.07) is 12.9. The van der Waals surface area contributed by atoms with Gasteiger partial charge in [0.25, 0.3) is 5.91 Å². The minimum absolute atomic E-state index is 0.00952. The quantitative estimate of drug-likeness (QED) is 0.742. The third-order valence-corrected chi connectivity index (χ3v) is 3.24. The van der Waals surface area contributed by atoms with Gasteiger partial charge in [-0.1, -0.05) is 18.2 Å². The summed E-state index contributed by atoms with van der Waals surface area (Å²) in [5, 5.41) is 11.9. The molecule has 1 heterocycles. The number of ether oxygens (including phenoxy) is 2. The van der Waals surface area contributed by atoms with Crippen molar-refractivity contribution < 1.29 is 23.0 Å². The third kappa shape index (κ3) is 4.37. The number of nitrogens with zero attached hydrogens (tertiary/aromatic N) is 2. The summed E-state index contributed by atoms with van der Waals surface area (Å²) in [4.78, 5) is 11.9. The van der Waals surface area contributed by atoms with Crippen LogP contribution in [0.3, 0.4) is 0 Å². The SMILES string of the molecule is O=C(COc1nncc2ccccc12)Nc1ccc(OC(F)F)cc1. The largest absolute Gasteiger partial charge is 0.466 e. The maximum Gasteiger partial charge on any atom is 0.387 e. The van der Waals surface area contributed by atoms with E-state index in [1.165, 1.54) is 24.3 Å². The molecule has 8 heteroatoms. The normalized spacial score (nSPS) is 10.7. The summed E-state index contributed by atoms with van der Waals surface area (Å²) in [6.45, 7) is -3.16. The Balaban J connectivity index is 1.59. The number of carbonyl (C=O) groups is 1. The molecule has 0 unspecified atom stereocenters. The van der Waals surface area contributed by atoms with Gasteiger partial charge in [-0.3, -0.25) is 4.79 Å². The monoisotopic (exact) mass is 345 g/mol. The lowest BCUT2D eigenvalue weighted by Crippen LogP contribution is -2.20. The number of nitrogens with one attached hydrogen (secondary N) is 1. The average Bonchev–Trinajstić information content (AvgIpc) is 2.61. The van der Waals surface area contributed by atoms with Crippen LogP contribution in [0.15, 0.2) is 54.7 Å². The number of alkyl halides is 2. The summed E-state index contributed by atoms with van der Waals surface area (Å²) in [7, 11) is 0. The van der Waals surface area contributed by atoms with Gasteiger partial charge in [0, 0.05) is 16.5 Å². The first kappa shape index (κ1) is 16.6. The highest BCUT2D eigenvalue weighted by Gasteiger charge is 2.09.